The molecule has 0 N–H and O–H groups in total. The molecule has 6 aromatic carbocycles. The molecule has 0 atom stereocenters. The summed E-state index contributed by atoms with van der Waals surface area (Å²) >= 11 is 26.9. The lowest BCUT2D eigenvalue weighted by molar-refractivity contribution is 0.445. The van der Waals surface area contributed by atoms with Gasteiger partial charge in [0, 0.05) is 0 Å². The standard InChI is InChI=1S/2C21H20Cl2NPSi/c2*1-26(2)20-16-10-9-15-19(20)21(24(26)25(22)23,17-11-5-3-6-12-17)18-13-7-4-8-14-18/h2*3-16H,1-2H3. The first-order valence-electron chi connectivity index (χ1n) is 17.3. The van der Waals surface area contributed by atoms with Crippen LogP contribution in [0.5, 0.6) is 0 Å². The van der Waals surface area contributed by atoms with Crippen LogP contribution in [0.4, 0.5) is 0 Å². The first-order chi connectivity index (χ1) is 25.0. The van der Waals surface area contributed by atoms with E-state index in [1.54, 1.807) is 0 Å². The molecular weight excluding hydrogens is 792 g/mol. The maximum absolute atomic E-state index is 6.73. The van der Waals surface area contributed by atoms with Gasteiger partial charge in [-0.25, -0.2) is 0 Å². The molecule has 0 bridgehead atoms. The van der Waals surface area contributed by atoms with Gasteiger partial charge in [0.05, 0.1) is 11.1 Å². The minimum atomic E-state index is -2.06. The highest BCUT2D eigenvalue weighted by Gasteiger charge is 2.60. The molecule has 264 valence electrons. The lowest BCUT2D eigenvalue weighted by Gasteiger charge is -2.45. The molecule has 8 rings (SSSR count). The molecule has 6 aromatic rings. The summed E-state index contributed by atoms with van der Waals surface area (Å²) in [6.07, 6.45) is 0. The number of hydrogen-bond donors (Lipinski definition) is 0. The van der Waals surface area contributed by atoms with Crippen molar-refractivity contribution in [2.45, 2.75) is 37.3 Å². The van der Waals surface area contributed by atoms with Crippen molar-refractivity contribution in [3.8, 4) is 0 Å². The van der Waals surface area contributed by atoms with E-state index in [1.807, 2.05) is 0 Å². The van der Waals surface area contributed by atoms with Crippen LogP contribution in [0, 0.1) is 0 Å². The van der Waals surface area contributed by atoms with Crippen LogP contribution >= 0.6 is 58.5 Å². The van der Waals surface area contributed by atoms with Gasteiger partial charge in [-0.2, -0.15) is 0 Å². The summed E-state index contributed by atoms with van der Waals surface area (Å²) < 4.78 is 4.85. The fraction of sp³-hybridized carbons (Fsp3) is 0.143. The van der Waals surface area contributed by atoms with Crippen LogP contribution in [0.1, 0.15) is 33.4 Å². The van der Waals surface area contributed by atoms with Crippen LogP contribution in [-0.2, 0) is 11.1 Å². The van der Waals surface area contributed by atoms with Gasteiger partial charge >= 0.3 is 0 Å². The van der Waals surface area contributed by atoms with Crippen molar-refractivity contribution < 1.29 is 0 Å². The van der Waals surface area contributed by atoms with E-state index >= 15 is 0 Å². The van der Waals surface area contributed by atoms with Gasteiger partial charge in [0.1, 0.15) is 0 Å². The number of nitrogens with zero attached hydrogens (tertiary/aromatic N) is 2. The second-order valence-electron chi connectivity index (χ2n) is 14.1. The molecule has 0 fully saturated rings. The molecule has 10 heteroatoms. The summed E-state index contributed by atoms with van der Waals surface area (Å²) in [6.45, 7) is 6.72. The summed E-state index contributed by atoms with van der Waals surface area (Å²) in [5.74, 6) is 0. The van der Waals surface area contributed by atoms with Crippen LogP contribution in [0.3, 0.4) is 0 Å². The summed E-state index contributed by atoms with van der Waals surface area (Å²) in [7, 11) is -4.11. The van der Waals surface area contributed by atoms with Crippen molar-refractivity contribution in [1.29, 1.82) is 0 Å². The molecule has 0 saturated heterocycles. The van der Waals surface area contributed by atoms with Crippen molar-refractivity contribution in [2.24, 2.45) is 0 Å². The highest BCUT2D eigenvalue weighted by molar-refractivity contribution is 8.03. The Labute approximate surface area is 332 Å². The van der Waals surface area contributed by atoms with Gasteiger partial charge in [0.15, 0.2) is 30.0 Å². The van der Waals surface area contributed by atoms with Crippen molar-refractivity contribution in [3.05, 3.63) is 203 Å². The van der Waals surface area contributed by atoms with E-state index in [0.29, 0.717) is 0 Å². The second-order valence-corrected chi connectivity index (χ2v) is 29.6. The van der Waals surface area contributed by atoms with Gasteiger partial charge in [-0.15, -0.1) is 0 Å². The van der Waals surface area contributed by atoms with E-state index in [-0.39, 0.29) is 0 Å². The number of hydrogen-bond acceptors (Lipinski definition) is 2. The van der Waals surface area contributed by atoms with Gasteiger partial charge in [0.2, 0.25) is 0 Å². The SMILES string of the molecule is C[Si]1(C)c2ccccc2C(c2ccccc2)(c2ccccc2)N1P(Cl)Cl.C[Si]1(C)c2ccccc2C(c2ccccc2)(c2ccccc2)N1P(Cl)Cl. The predicted octanol–water partition coefficient (Wildman–Crippen LogP) is 12.8. The number of fused-ring (bicyclic) bond motifs is 2. The second kappa shape index (κ2) is 15.1. The van der Waals surface area contributed by atoms with Gasteiger partial charge in [-0.05, 0) is 43.8 Å². The highest BCUT2D eigenvalue weighted by Crippen LogP contribution is 2.66. The molecule has 52 heavy (non-hydrogen) atoms. The molecule has 2 nitrogen and oxygen atoms in total. The van der Waals surface area contributed by atoms with Crippen LogP contribution in [0.2, 0.25) is 26.2 Å². The van der Waals surface area contributed by atoms with Gasteiger partial charge in [-0.1, -0.05) is 241 Å². The molecule has 0 saturated carbocycles. The molecule has 0 radical (unpaired) electrons. The summed E-state index contributed by atoms with van der Waals surface area (Å²) in [4.78, 5) is 0. The smallest absolute Gasteiger partial charge is 0.162 e. The van der Waals surface area contributed by atoms with E-state index in [0.717, 1.165) is 0 Å². The van der Waals surface area contributed by atoms with E-state index < -0.39 is 41.1 Å². The van der Waals surface area contributed by atoms with E-state index in [2.05, 4.69) is 205 Å². The Morgan fingerprint density at radius 1 is 0.365 bits per heavy atom. The maximum atomic E-state index is 6.73. The normalized spacial score (nSPS) is 18.0. The molecular formula is C42H40Cl4N2P2Si2. The number of benzene rings is 6. The molecule has 0 aromatic heterocycles. The number of rotatable bonds is 6. The maximum Gasteiger partial charge on any atom is 0.162 e. The molecule has 0 unspecified atom stereocenters. The largest absolute Gasteiger partial charge is 0.257 e. The monoisotopic (exact) mass is 830 g/mol. The lowest BCUT2D eigenvalue weighted by Crippen LogP contribution is -2.54. The minimum Gasteiger partial charge on any atom is -0.257 e. The van der Waals surface area contributed by atoms with Crippen molar-refractivity contribution in [3.63, 3.8) is 0 Å². The fourth-order valence-corrected chi connectivity index (χ4v) is 27.4. The predicted molar refractivity (Wildman–Crippen MR) is 234 cm³/mol. The average molecular weight is 833 g/mol. The lowest BCUT2D eigenvalue weighted by atomic mass is 9.78. The molecule has 0 amide bonds. The Bertz CT molecular complexity index is 1910. The fourth-order valence-electron chi connectivity index (χ4n) is 8.73. The van der Waals surface area contributed by atoms with Gasteiger partial charge < -0.3 is 0 Å². The topological polar surface area (TPSA) is 6.48 Å². The first kappa shape index (κ1) is 38.0. The summed E-state index contributed by atoms with van der Waals surface area (Å²) in [5.41, 5.74) is 6.56. The van der Waals surface area contributed by atoms with Crippen LogP contribution in [-0.4, -0.2) is 25.1 Å². The molecule has 0 spiro atoms. The quantitative estimate of drug-likeness (QED) is 0.122. The van der Waals surface area contributed by atoms with Crippen molar-refractivity contribution in [1.82, 2.24) is 8.67 Å². The van der Waals surface area contributed by atoms with E-state index in [9.17, 15) is 0 Å². The third-order valence-electron chi connectivity index (χ3n) is 10.7. The Kier molecular flexibility index (Phi) is 11.0. The molecule has 0 aliphatic carbocycles. The summed E-state index contributed by atoms with van der Waals surface area (Å²) in [5, 5.41) is 2.81. The van der Waals surface area contributed by atoms with Crippen LogP contribution in [0.15, 0.2) is 170 Å². The molecule has 2 heterocycles. The van der Waals surface area contributed by atoms with Crippen molar-refractivity contribution in [2.75, 3.05) is 0 Å². The van der Waals surface area contributed by atoms with Crippen LogP contribution < -0.4 is 10.4 Å². The average Bonchev–Trinajstić information content (AvgIpc) is 3.53. The Balaban J connectivity index is 0.000000162. The Hall–Kier alpha value is -2.31. The molecule has 2 aliphatic rings. The Morgan fingerprint density at radius 3 is 0.846 bits per heavy atom. The first-order valence-corrected chi connectivity index (χ1v) is 29.4. The summed E-state index contributed by atoms with van der Waals surface area (Å²) in [6, 6.07) is 60.0. The zero-order valence-corrected chi connectivity index (χ0v) is 36.3. The van der Waals surface area contributed by atoms with Gasteiger partial charge in [0.25, 0.3) is 0 Å². The third-order valence-corrected chi connectivity index (χ3v) is 25.8. The van der Waals surface area contributed by atoms with Crippen LogP contribution in [0.25, 0.3) is 0 Å². The minimum absolute atomic E-state index is 0.454. The zero-order chi connectivity index (χ0) is 36.7. The van der Waals surface area contributed by atoms with Crippen molar-refractivity contribution >= 4 is 85.4 Å². The molecule has 2 aliphatic heterocycles. The van der Waals surface area contributed by atoms with Gasteiger partial charge in [-0.3, -0.25) is 8.67 Å². The Morgan fingerprint density at radius 2 is 0.596 bits per heavy atom. The highest BCUT2D eigenvalue weighted by atomic mass is 35.9. The number of halogens is 4. The van der Waals surface area contributed by atoms with E-state index in [4.69, 9.17) is 45.0 Å². The zero-order valence-electron chi connectivity index (χ0n) is 29.5. The van der Waals surface area contributed by atoms with E-state index in [1.165, 1.54) is 43.8 Å². The third kappa shape index (κ3) is 6.00.